The van der Waals surface area contributed by atoms with E-state index < -0.39 is 24.3 Å². The highest BCUT2D eigenvalue weighted by atomic mass is 19.1. The number of piperazine rings is 1. The molecule has 3 aliphatic rings. The van der Waals surface area contributed by atoms with Crippen molar-refractivity contribution in [2.45, 2.75) is 56.3 Å². The second-order valence-corrected chi connectivity index (χ2v) is 9.92. The Morgan fingerprint density at radius 2 is 2.09 bits per heavy atom. The summed E-state index contributed by atoms with van der Waals surface area (Å²) in [4.78, 5) is 23.5. The standard InChI is InChI=1S/C23H30FN9O2/c1-23(4-5-23)29-22(34)35-17-3-2-14(19(17)24)15-12-18(31-30-15)28-21-27-13-16(20-26-8-11-33(20)21)32-9-6-25-7-10-32/h8,11-14,17,19,25H,2-7,9-10H2,1H3,(H,29,34)(H2,27,28,30,31)/t14-,17-,19+/m1/s1. The summed E-state index contributed by atoms with van der Waals surface area (Å²) < 4.78 is 22.4. The molecule has 12 heteroatoms. The van der Waals surface area contributed by atoms with E-state index in [0.29, 0.717) is 30.3 Å². The van der Waals surface area contributed by atoms with Crippen LogP contribution in [0, 0.1) is 0 Å². The third-order valence-corrected chi connectivity index (χ3v) is 7.27. The summed E-state index contributed by atoms with van der Waals surface area (Å²) in [6.07, 6.45) is 5.74. The Morgan fingerprint density at radius 1 is 1.26 bits per heavy atom. The zero-order valence-electron chi connectivity index (χ0n) is 19.6. The number of anilines is 3. The number of imidazole rings is 1. The van der Waals surface area contributed by atoms with E-state index >= 15 is 4.39 Å². The van der Waals surface area contributed by atoms with Crippen molar-refractivity contribution in [3.63, 3.8) is 0 Å². The minimum atomic E-state index is -1.29. The van der Waals surface area contributed by atoms with Gasteiger partial charge in [0.25, 0.3) is 0 Å². The van der Waals surface area contributed by atoms with Gasteiger partial charge in [-0.2, -0.15) is 5.10 Å². The summed E-state index contributed by atoms with van der Waals surface area (Å²) in [5.74, 6) is 0.696. The molecule has 6 rings (SSSR count). The normalized spacial score (nSPS) is 25.5. The number of aromatic amines is 1. The van der Waals surface area contributed by atoms with Gasteiger partial charge >= 0.3 is 6.09 Å². The van der Waals surface area contributed by atoms with Crippen LogP contribution in [0.25, 0.3) is 5.65 Å². The van der Waals surface area contributed by atoms with Gasteiger partial charge in [0, 0.05) is 61.8 Å². The lowest BCUT2D eigenvalue weighted by molar-refractivity contribution is 0.0546. The van der Waals surface area contributed by atoms with Gasteiger partial charge in [-0.25, -0.2) is 19.2 Å². The second-order valence-electron chi connectivity index (χ2n) is 9.92. The monoisotopic (exact) mass is 483 g/mol. The van der Waals surface area contributed by atoms with Crippen molar-refractivity contribution in [1.29, 1.82) is 0 Å². The smallest absolute Gasteiger partial charge is 0.407 e. The van der Waals surface area contributed by atoms with E-state index in [2.05, 4.69) is 41.0 Å². The molecule has 3 atom stereocenters. The number of hydrogen-bond acceptors (Lipinski definition) is 8. The SMILES string of the molecule is CC1(NC(=O)O[C@@H]2CC[C@H](c3cc(Nc4ncc(N5CCNCC5)c5nccn45)n[nH]3)[C@@H]2F)CC1. The Balaban J connectivity index is 1.13. The predicted molar refractivity (Wildman–Crippen MR) is 128 cm³/mol. The number of H-pyrrole nitrogens is 1. The molecule has 3 fully saturated rings. The van der Waals surface area contributed by atoms with Crippen molar-refractivity contribution in [2.24, 2.45) is 0 Å². The molecule has 0 bridgehead atoms. The zero-order valence-corrected chi connectivity index (χ0v) is 19.6. The molecule has 2 aliphatic carbocycles. The van der Waals surface area contributed by atoms with Gasteiger partial charge in [-0.05, 0) is 32.6 Å². The summed E-state index contributed by atoms with van der Waals surface area (Å²) in [6, 6.07) is 1.79. The highest BCUT2D eigenvalue weighted by Crippen LogP contribution is 2.39. The fourth-order valence-electron chi connectivity index (χ4n) is 4.93. The fourth-order valence-corrected chi connectivity index (χ4v) is 4.93. The number of nitrogens with one attached hydrogen (secondary N) is 4. The third-order valence-electron chi connectivity index (χ3n) is 7.27. The highest BCUT2D eigenvalue weighted by Gasteiger charge is 2.43. The highest BCUT2D eigenvalue weighted by molar-refractivity contribution is 5.71. The van der Waals surface area contributed by atoms with Crippen LogP contribution in [0.3, 0.4) is 0 Å². The number of hydrogen-bond donors (Lipinski definition) is 4. The number of carbonyl (C=O) groups is 1. The fraction of sp³-hybridized carbons (Fsp3) is 0.565. The number of carbonyl (C=O) groups excluding carboxylic acids is 1. The molecular weight excluding hydrogens is 453 g/mol. The maximum absolute atomic E-state index is 15.2. The van der Waals surface area contributed by atoms with Gasteiger partial charge in [-0.15, -0.1) is 0 Å². The van der Waals surface area contributed by atoms with Crippen LogP contribution in [0.15, 0.2) is 24.7 Å². The minimum absolute atomic E-state index is 0.192. The van der Waals surface area contributed by atoms with E-state index in [9.17, 15) is 4.79 Å². The Kier molecular flexibility index (Phi) is 5.47. The van der Waals surface area contributed by atoms with E-state index in [4.69, 9.17) is 4.74 Å². The first-order valence-electron chi connectivity index (χ1n) is 12.2. The summed E-state index contributed by atoms with van der Waals surface area (Å²) in [5, 5.41) is 16.7. The van der Waals surface area contributed by atoms with Gasteiger partial charge in [-0.1, -0.05) is 0 Å². The topological polar surface area (TPSA) is 124 Å². The van der Waals surface area contributed by atoms with Gasteiger partial charge in [0.2, 0.25) is 5.95 Å². The maximum atomic E-state index is 15.2. The Hall–Kier alpha value is -3.41. The Bertz CT molecular complexity index is 1220. The molecule has 11 nitrogen and oxygen atoms in total. The van der Waals surface area contributed by atoms with Gasteiger partial charge in [0.1, 0.15) is 12.3 Å². The average Bonchev–Trinajstić information content (AvgIpc) is 3.24. The second kappa shape index (κ2) is 8.67. The van der Waals surface area contributed by atoms with E-state index in [-0.39, 0.29) is 5.54 Å². The van der Waals surface area contributed by atoms with E-state index in [1.807, 2.05) is 23.7 Å². The van der Waals surface area contributed by atoms with Gasteiger partial charge in [0.05, 0.1) is 11.9 Å². The average molecular weight is 484 g/mol. The first kappa shape index (κ1) is 22.1. The molecule has 3 aromatic rings. The van der Waals surface area contributed by atoms with Crippen LogP contribution in [-0.4, -0.2) is 74.7 Å². The number of alkyl halides is 1. The largest absolute Gasteiger partial charge is 0.443 e. The lowest BCUT2D eigenvalue weighted by atomic mass is 10.0. The number of alkyl carbamates (subject to hydrolysis) is 1. The quantitative estimate of drug-likeness (QED) is 0.422. The summed E-state index contributed by atoms with van der Waals surface area (Å²) >= 11 is 0. The molecule has 1 aliphatic heterocycles. The summed E-state index contributed by atoms with van der Waals surface area (Å²) in [6.45, 7) is 5.61. The number of amides is 1. The van der Waals surface area contributed by atoms with Crippen molar-refractivity contribution in [3.8, 4) is 0 Å². The van der Waals surface area contributed by atoms with Crippen molar-refractivity contribution < 1.29 is 13.9 Å². The van der Waals surface area contributed by atoms with E-state index in [1.54, 1.807) is 12.3 Å². The Labute approximate surface area is 201 Å². The lowest BCUT2D eigenvalue weighted by Gasteiger charge is -2.29. The number of rotatable bonds is 6. The maximum Gasteiger partial charge on any atom is 0.407 e. The molecule has 186 valence electrons. The number of aromatic nitrogens is 5. The van der Waals surface area contributed by atoms with Gasteiger partial charge in [0.15, 0.2) is 11.5 Å². The minimum Gasteiger partial charge on any atom is -0.443 e. The molecule has 0 radical (unpaired) electrons. The number of halogens is 1. The molecule has 4 N–H and O–H groups in total. The van der Waals surface area contributed by atoms with Crippen molar-refractivity contribution in [1.82, 2.24) is 35.2 Å². The summed E-state index contributed by atoms with van der Waals surface area (Å²) in [5.41, 5.74) is 2.28. The molecule has 1 saturated heterocycles. The van der Waals surface area contributed by atoms with Crippen molar-refractivity contribution in [3.05, 3.63) is 30.4 Å². The van der Waals surface area contributed by atoms with Gasteiger partial charge < -0.3 is 25.6 Å². The molecule has 4 heterocycles. The molecule has 0 spiro atoms. The Morgan fingerprint density at radius 3 is 2.89 bits per heavy atom. The van der Waals surface area contributed by atoms with Crippen LogP contribution in [-0.2, 0) is 4.74 Å². The van der Waals surface area contributed by atoms with Crippen LogP contribution in [0.1, 0.15) is 44.2 Å². The van der Waals surface area contributed by atoms with Crippen LogP contribution in [0.2, 0.25) is 0 Å². The first-order chi connectivity index (χ1) is 17.0. The van der Waals surface area contributed by atoms with Crippen molar-refractivity contribution in [2.75, 3.05) is 36.4 Å². The van der Waals surface area contributed by atoms with Crippen LogP contribution in [0.4, 0.5) is 26.6 Å². The van der Waals surface area contributed by atoms with Crippen LogP contribution < -0.4 is 20.9 Å². The molecule has 35 heavy (non-hydrogen) atoms. The number of fused-ring (bicyclic) bond motifs is 1. The molecule has 0 aromatic carbocycles. The predicted octanol–water partition coefficient (Wildman–Crippen LogP) is 2.47. The van der Waals surface area contributed by atoms with Crippen LogP contribution >= 0.6 is 0 Å². The number of ether oxygens (including phenoxy) is 1. The molecule has 3 aromatic heterocycles. The van der Waals surface area contributed by atoms with E-state index in [0.717, 1.165) is 50.4 Å². The van der Waals surface area contributed by atoms with Crippen molar-refractivity contribution >= 4 is 29.2 Å². The molecule has 2 saturated carbocycles. The number of nitrogens with zero attached hydrogens (tertiary/aromatic N) is 5. The molecule has 1 amide bonds. The zero-order chi connectivity index (χ0) is 24.0. The lowest BCUT2D eigenvalue weighted by Crippen LogP contribution is -2.43. The van der Waals surface area contributed by atoms with E-state index in [1.165, 1.54) is 0 Å². The molecular formula is C23H30FN9O2. The first-order valence-corrected chi connectivity index (χ1v) is 12.2. The van der Waals surface area contributed by atoms with Gasteiger partial charge in [-0.3, -0.25) is 9.50 Å². The van der Waals surface area contributed by atoms with Crippen LogP contribution in [0.5, 0.6) is 0 Å². The molecule has 0 unspecified atom stereocenters. The third kappa shape index (κ3) is 4.38. The summed E-state index contributed by atoms with van der Waals surface area (Å²) in [7, 11) is 0.